The smallest absolute Gasteiger partial charge is 0.330 e. The molecule has 2 aromatic rings. The van der Waals surface area contributed by atoms with Crippen molar-refractivity contribution in [3.63, 3.8) is 0 Å². The molecular weight excluding hydrogens is 512 g/mol. The van der Waals surface area contributed by atoms with Crippen molar-refractivity contribution in [2.45, 2.75) is 70.4 Å². The molecule has 37 heavy (non-hydrogen) atoms. The van der Waals surface area contributed by atoms with Gasteiger partial charge in [0.2, 0.25) is 0 Å². The molecule has 0 radical (unpaired) electrons. The number of hydrogen-bond acceptors (Lipinski definition) is 9. The molecule has 1 aliphatic heterocycles. The lowest BCUT2D eigenvalue weighted by atomic mass is 9.98. The van der Waals surface area contributed by atoms with Crippen molar-refractivity contribution >= 4 is 14.1 Å². The largest absolute Gasteiger partial charge is 0.462 e. The number of rotatable bonds is 11. The van der Waals surface area contributed by atoms with Gasteiger partial charge in [-0.3, -0.25) is 23.7 Å². The Morgan fingerprint density at radius 2 is 1.97 bits per heavy atom. The number of carbonyl (C=O) groups excluding carboxylic acids is 1. The van der Waals surface area contributed by atoms with E-state index in [-0.39, 0.29) is 12.2 Å². The molecule has 0 spiro atoms. The second-order valence-corrected chi connectivity index (χ2v) is 10.1. The number of alkyl halides is 1. The average Bonchev–Trinajstić information content (AvgIpc) is 3.06. The molecule has 0 aliphatic carbocycles. The average molecular weight is 543 g/mol. The van der Waals surface area contributed by atoms with Gasteiger partial charge in [-0.05, 0) is 39.3 Å². The molecule has 6 atom stereocenters. The fourth-order valence-electron chi connectivity index (χ4n) is 3.74. The van der Waals surface area contributed by atoms with Gasteiger partial charge in [-0.25, -0.2) is 9.18 Å². The number of nitrogens with one attached hydrogen (secondary N) is 1. The second kappa shape index (κ2) is 12.1. The third kappa shape index (κ3) is 6.74. The third-order valence-electron chi connectivity index (χ3n) is 5.61. The first-order valence-corrected chi connectivity index (χ1v) is 13.0. The highest BCUT2D eigenvalue weighted by Crippen LogP contribution is 2.42. The highest BCUT2D eigenvalue weighted by atomic mass is 31.1. The molecule has 3 rings (SSSR count). The standard InChI is InChI=1S/C23H31FN3O9P/c1-5-16(20(30)34-14(2)3)27(36-15-9-7-6-8-10-15)37(32)33-13-17-19(29)23(4,24)21(35-17)26-12-11-18(28)25-22(26)31/h6-12,14,16-17,19,21,29,37H,5,13H2,1-4H3,(H,25,28,31)/t16?,17-,19-,21-,23-/m1/s1. The third-order valence-corrected chi connectivity index (χ3v) is 6.79. The number of para-hydroxylation sites is 1. The summed E-state index contributed by atoms with van der Waals surface area (Å²) < 4.78 is 45.7. The topological polar surface area (TPSA) is 149 Å². The van der Waals surface area contributed by atoms with Crippen LogP contribution in [0.15, 0.2) is 52.2 Å². The fraction of sp³-hybridized carbons (Fsp3) is 0.522. The molecule has 2 N–H and O–H groups in total. The predicted molar refractivity (Wildman–Crippen MR) is 130 cm³/mol. The summed E-state index contributed by atoms with van der Waals surface area (Å²) in [6.07, 6.45) is -3.92. The van der Waals surface area contributed by atoms with E-state index in [1.54, 1.807) is 51.1 Å². The highest BCUT2D eigenvalue weighted by molar-refractivity contribution is 7.36. The van der Waals surface area contributed by atoms with Crippen molar-refractivity contribution in [2.75, 3.05) is 6.61 Å². The monoisotopic (exact) mass is 543 g/mol. The van der Waals surface area contributed by atoms with E-state index >= 15 is 4.39 Å². The minimum absolute atomic E-state index is 0.167. The molecule has 14 heteroatoms. The number of nitrogens with zero attached hydrogens (tertiary/aromatic N) is 2. The summed E-state index contributed by atoms with van der Waals surface area (Å²) in [5, 5.41) is 10.5. The van der Waals surface area contributed by atoms with Gasteiger partial charge in [-0.15, -0.1) is 0 Å². The van der Waals surface area contributed by atoms with Gasteiger partial charge in [0.15, 0.2) is 17.9 Å². The fourth-order valence-corrected chi connectivity index (χ4v) is 4.90. The molecule has 1 aliphatic rings. The van der Waals surface area contributed by atoms with E-state index in [9.17, 15) is 24.1 Å². The number of aromatic amines is 1. The summed E-state index contributed by atoms with van der Waals surface area (Å²) in [7, 11) is -3.33. The van der Waals surface area contributed by atoms with Crippen molar-refractivity contribution in [3.05, 3.63) is 63.4 Å². The molecule has 0 bridgehead atoms. The summed E-state index contributed by atoms with van der Waals surface area (Å²) in [5.41, 5.74) is -4.07. The number of hydroxylamine groups is 1. The Morgan fingerprint density at radius 3 is 2.57 bits per heavy atom. The number of ether oxygens (including phenoxy) is 2. The van der Waals surface area contributed by atoms with Gasteiger partial charge in [-0.1, -0.05) is 30.0 Å². The zero-order chi connectivity index (χ0) is 27.3. The van der Waals surface area contributed by atoms with Crippen LogP contribution >= 0.6 is 8.18 Å². The lowest BCUT2D eigenvalue weighted by molar-refractivity contribution is -0.160. The first-order chi connectivity index (χ1) is 17.4. The number of hydrogen-bond donors (Lipinski definition) is 2. The Balaban J connectivity index is 1.78. The predicted octanol–water partition coefficient (Wildman–Crippen LogP) is 1.96. The Bertz CT molecular complexity index is 1200. The number of H-pyrrole nitrogens is 1. The van der Waals surface area contributed by atoms with Gasteiger partial charge < -0.3 is 23.9 Å². The van der Waals surface area contributed by atoms with Gasteiger partial charge in [-0.2, -0.15) is 0 Å². The van der Waals surface area contributed by atoms with Crippen molar-refractivity contribution in [1.82, 2.24) is 14.4 Å². The number of aromatic nitrogens is 2. The molecule has 1 fully saturated rings. The van der Waals surface area contributed by atoms with E-state index in [0.717, 1.165) is 28.6 Å². The maximum Gasteiger partial charge on any atom is 0.330 e. The van der Waals surface area contributed by atoms with Gasteiger partial charge in [0.1, 0.15) is 18.0 Å². The molecule has 204 valence electrons. The number of esters is 1. The van der Waals surface area contributed by atoms with Crippen molar-refractivity contribution < 1.29 is 37.7 Å². The molecule has 0 saturated carbocycles. The van der Waals surface area contributed by atoms with Crippen LogP contribution in [-0.4, -0.2) is 62.1 Å². The maximum absolute atomic E-state index is 15.4. The zero-order valence-electron chi connectivity index (χ0n) is 20.8. The Kier molecular flexibility index (Phi) is 9.43. The molecule has 12 nitrogen and oxygen atoms in total. The van der Waals surface area contributed by atoms with Crippen LogP contribution in [-0.2, 0) is 23.4 Å². The van der Waals surface area contributed by atoms with E-state index in [0.29, 0.717) is 0 Å². The molecule has 1 aromatic heterocycles. The zero-order valence-corrected chi connectivity index (χ0v) is 21.8. The maximum atomic E-state index is 15.4. The summed E-state index contributed by atoms with van der Waals surface area (Å²) in [5.74, 6) is -0.396. The summed E-state index contributed by atoms with van der Waals surface area (Å²) in [6.45, 7) is 5.49. The Morgan fingerprint density at radius 1 is 1.30 bits per heavy atom. The summed E-state index contributed by atoms with van der Waals surface area (Å²) >= 11 is 0. The number of aliphatic hydroxyl groups excluding tert-OH is 1. The van der Waals surface area contributed by atoms with Gasteiger partial charge >= 0.3 is 11.7 Å². The first kappa shape index (κ1) is 28.7. The SMILES string of the molecule is CCC(C(=O)OC(C)C)N(Oc1ccccc1)[PH](=O)OC[C@H]1O[C@@H](n2ccc(=O)[nH]c2=O)[C@](C)(F)[C@@H]1O. The molecule has 0 amide bonds. The number of aliphatic hydroxyl groups is 1. The number of carbonyl (C=O) groups is 1. The van der Waals surface area contributed by atoms with Crippen LogP contribution in [0.4, 0.5) is 4.39 Å². The molecule has 2 unspecified atom stereocenters. The minimum atomic E-state index is -3.33. The van der Waals surface area contributed by atoms with Crippen LogP contribution in [0, 0.1) is 0 Å². The van der Waals surface area contributed by atoms with Crippen LogP contribution in [0.1, 0.15) is 40.3 Å². The van der Waals surface area contributed by atoms with Gasteiger partial charge in [0.25, 0.3) is 13.7 Å². The van der Waals surface area contributed by atoms with Crippen LogP contribution in [0.3, 0.4) is 0 Å². The molecule has 1 aromatic carbocycles. The molecule has 2 heterocycles. The summed E-state index contributed by atoms with van der Waals surface area (Å²) in [4.78, 5) is 44.8. The Labute approximate surface area is 212 Å². The summed E-state index contributed by atoms with van der Waals surface area (Å²) in [6, 6.07) is 8.21. The van der Waals surface area contributed by atoms with Crippen molar-refractivity contribution in [1.29, 1.82) is 0 Å². The highest BCUT2D eigenvalue weighted by Gasteiger charge is 2.55. The van der Waals surface area contributed by atoms with Gasteiger partial charge in [0.05, 0.1) is 12.7 Å². The number of halogens is 1. The van der Waals surface area contributed by atoms with Crippen LogP contribution in [0.25, 0.3) is 0 Å². The molecule has 1 saturated heterocycles. The van der Waals surface area contributed by atoms with Crippen molar-refractivity contribution in [3.8, 4) is 5.75 Å². The molecular formula is C23H31FN3O9P. The van der Waals surface area contributed by atoms with Crippen LogP contribution in [0.5, 0.6) is 5.75 Å². The lowest BCUT2D eigenvalue weighted by Crippen LogP contribution is -2.44. The first-order valence-electron chi connectivity index (χ1n) is 11.7. The number of benzene rings is 1. The van der Waals surface area contributed by atoms with E-state index in [4.69, 9.17) is 18.8 Å². The van der Waals surface area contributed by atoms with E-state index in [2.05, 4.69) is 0 Å². The van der Waals surface area contributed by atoms with Crippen LogP contribution in [0.2, 0.25) is 0 Å². The normalized spacial score (nSPS) is 25.2. The second-order valence-electron chi connectivity index (χ2n) is 8.86. The Hall–Kier alpha value is -2.83. The van der Waals surface area contributed by atoms with Gasteiger partial charge in [0, 0.05) is 12.3 Å². The van der Waals surface area contributed by atoms with Crippen molar-refractivity contribution in [2.24, 2.45) is 0 Å². The quantitative estimate of drug-likeness (QED) is 0.245. The van der Waals surface area contributed by atoms with Crippen LogP contribution < -0.4 is 16.1 Å². The van der Waals surface area contributed by atoms with E-state index < -0.39 is 68.3 Å². The van der Waals surface area contributed by atoms with E-state index in [1.165, 1.54) is 0 Å². The van der Waals surface area contributed by atoms with E-state index in [1.807, 2.05) is 4.98 Å². The minimum Gasteiger partial charge on any atom is -0.462 e. The lowest BCUT2D eigenvalue weighted by Gasteiger charge is -2.28.